The molecule has 0 bridgehead atoms. The Morgan fingerprint density at radius 2 is 2.22 bits per heavy atom. The van der Waals surface area contributed by atoms with Crippen LogP contribution in [0.25, 0.3) is 0 Å². The summed E-state index contributed by atoms with van der Waals surface area (Å²) in [5, 5.41) is 3.01. The molecule has 3 heteroatoms. The molecule has 0 spiro atoms. The average molecular weight is 130 g/mol. The first kappa shape index (κ1) is 8.43. The van der Waals surface area contributed by atoms with Gasteiger partial charge in [0.2, 0.25) is 0 Å². The summed E-state index contributed by atoms with van der Waals surface area (Å²) in [5.74, 6) is 0.893. The van der Waals surface area contributed by atoms with Gasteiger partial charge in [0, 0.05) is 14.2 Å². The molecular formula is C6H14N2O. The van der Waals surface area contributed by atoms with Crippen molar-refractivity contribution < 1.29 is 4.74 Å². The van der Waals surface area contributed by atoms with E-state index in [2.05, 4.69) is 10.3 Å². The van der Waals surface area contributed by atoms with Gasteiger partial charge in [-0.2, -0.15) is 0 Å². The predicted molar refractivity (Wildman–Crippen MR) is 38.6 cm³/mol. The Hall–Kier alpha value is -0.570. The molecule has 0 heterocycles. The van der Waals surface area contributed by atoms with Crippen LogP contribution in [0, 0.1) is 0 Å². The number of rotatable bonds is 2. The number of methoxy groups -OCH3 is 1. The summed E-state index contributed by atoms with van der Waals surface area (Å²) in [5.41, 5.74) is 0. The lowest BCUT2D eigenvalue weighted by Gasteiger charge is -2.11. The van der Waals surface area contributed by atoms with Gasteiger partial charge in [-0.25, -0.2) is 0 Å². The van der Waals surface area contributed by atoms with E-state index >= 15 is 0 Å². The molecule has 54 valence electrons. The number of nitrogens with one attached hydrogen (secondary N) is 1. The Bertz CT molecular complexity index is 101. The number of hydrogen-bond donors (Lipinski definition) is 1. The van der Waals surface area contributed by atoms with Crippen LogP contribution in [0.3, 0.4) is 0 Å². The van der Waals surface area contributed by atoms with E-state index in [1.54, 1.807) is 14.2 Å². The van der Waals surface area contributed by atoms with E-state index in [0.717, 1.165) is 5.84 Å². The second kappa shape index (κ2) is 4.32. The molecule has 0 radical (unpaired) electrons. The highest BCUT2D eigenvalue weighted by Crippen LogP contribution is 1.80. The first-order valence-corrected chi connectivity index (χ1v) is 2.93. The third kappa shape index (κ3) is 3.97. The molecule has 0 aliphatic carbocycles. The predicted octanol–water partition coefficient (Wildman–Crippen LogP) is 0.617. The second-order valence-electron chi connectivity index (χ2n) is 1.83. The fraction of sp³-hybridized carbons (Fsp3) is 0.833. The first-order valence-electron chi connectivity index (χ1n) is 2.93. The molecule has 0 rings (SSSR count). The minimum absolute atomic E-state index is 0.0497. The molecule has 9 heavy (non-hydrogen) atoms. The largest absolute Gasteiger partial charge is 0.362 e. The average Bonchev–Trinajstić information content (AvgIpc) is 1.87. The summed E-state index contributed by atoms with van der Waals surface area (Å²) in [6.07, 6.45) is 0.0497. The van der Waals surface area contributed by atoms with E-state index in [9.17, 15) is 0 Å². The zero-order valence-electron chi connectivity index (χ0n) is 6.43. The molecule has 1 atom stereocenters. The van der Waals surface area contributed by atoms with Crippen LogP contribution in [0.5, 0.6) is 0 Å². The van der Waals surface area contributed by atoms with E-state index in [0.29, 0.717) is 0 Å². The van der Waals surface area contributed by atoms with Gasteiger partial charge in [0.05, 0.1) is 5.84 Å². The zero-order valence-corrected chi connectivity index (χ0v) is 6.43. The first-order chi connectivity index (χ1) is 4.20. The maximum absolute atomic E-state index is 4.93. The number of nitrogens with zero attached hydrogens (tertiary/aromatic N) is 1. The number of aliphatic imine (C=N–C) groups is 1. The highest BCUT2D eigenvalue weighted by atomic mass is 16.5. The molecule has 1 N–H and O–H groups in total. The van der Waals surface area contributed by atoms with Crippen molar-refractivity contribution in [2.24, 2.45) is 4.99 Å². The van der Waals surface area contributed by atoms with Crippen LogP contribution in [0.15, 0.2) is 4.99 Å². The maximum atomic E-state index is 4.93. The summed E-state index contributed by atoms with van der Waals surface area (Å²) in [4.78, 5) is 3.90. The highest BCUT2D eigenvalue weighted by molar-refractivity contribution is 5.79. The van der Waals surface area contributed by atoms with E-state index in [-0.39, 0.29) is 6.23 Å². The highest BCUT2D eigenvalue weighted by Gasteiger charge is 1.95. The second-order valence-corrected chi connectivity index (χ2v) is 1.83. The molecule has 0 fully saturated rings. The number of hydrogen-bond acceptors (Lipinski definition) is 2. The van der Waals surface area contributed by atoms with E-state index in [4.69, 9.17) is 4.74 Å². The number of amidine groups is 1. The fourth-order valence-corrected chi connectivity index (χ4v) is 0.418. The van der Waals surface area contributed by atoms with E-state index in [1.165, 1.54) is 0 Å². The smallest absolute Gasteiger partial charge is 0.125 e. The molecule has 1 unspecified atom stereocenters. The van der Waals surface area contributed by atoms with Gasteiger partial charge in [-0.1, -0.05) is 0 Å². The lowest BCUT2D eigenvalue weighted by Crippen LogP contribution is -2.31. The molecular weight excluding hydrogens is 116 g/mol. The topological polar surface area (TPSA) is 33.6 Å². The van der Waals surface area contributed by atoms with Crippen molar-refractivity contribution in [1.82, 2.24) is 5.32 Å². The van der Waals surface area contributed by atoms with Crippen LogP contribution in [0.4, 0.5) is 0 Å². The lowest BCUT2D eigenvalue weighted by atomic mass is 10.6. The summed E-state index contributed by atoms with van der Waals surface area (Å²) >= 11 is 0. The molecule has 0 aromatic heterocycles. The van der Waals surface area contributed by atoms with Crippen molar-refractivity contribution in [3.05, 3.63) is 0 Å². The van der Waals surface area contributed by atoms with Crippen LogP contribution in [0.2, 0.25) is 0 Å². The SMILES string of the molecule is CN=C(C)NC(C)OC. The molecule has 0 amide bonds. The van der Waals surface area contributed by atoms with Crippen molar-refractivity contribution in [3.8, 4) is 0 Å². The third-order valence-corrected chi connectivity index (χ3v) is 1.10. The molecule has 0 saturated carbocycles. The van der Waals surface area contributed by atoms with Gasteiger partial charge < -0.3 is 10.1 Å². The quantitative estimate of drug-likeness (QED) is 0.337. The summed E-state index contributed by atoms with van der Waals surface area (Å²) < 4.78 is 4.93. The van der Waals surface area contributed by atoms with Crippen molar-refractivity contribution in [2.75, 3.05) is 14.2 Å². The Kier molecular flexibility index (Phi) is 4.05. The Balaban J connectivity index is 3.47. The number of ether oxygens (including phenoxy) is 1. The Labute approximate surface area is 56.1 Å². The molecule has 0 saturated heterocycles. The van der Waals surface area contributed by atoms with Gasteiger partial charge in [0.1, 0.15) is 6.23 Å². The van der Waals surface area contributed by atoms with Crippen molar-refractivity contribution in [2.45, 2.75) is 20.1 Å². The Morgan fingerprint density at radius 3 is 2.56 bits per heavy atom. The fourth-order valence-electron chi connectivity index (χ4n) is 0.418. The van der Waals surface area contributed by atoms with Crippen molar-refractivity contribution in [3.63, 3.8) is 0 Å². The summed E-state index contributed by atoms with van der Waals surface area (Å²) in [6, 6.07) is 0. The standard InChI is InChI=1S/C6H14N2O/c1-5(7-3)8-6(2)9-4/h6H,1-4H3,(H,7,8). The minimum Gasteiger partial charge on any atom is -0.362 e. The van der Waals surface area contributed by atoms with Crippen molar-refractivity contribution >= 4 is 5.84 Å². The normalized spacial score (nSPS) is 15.3. The van der Waals surface area contributed by atoms with Crippen LogP contribution in [-0.2, 0) is 4.74 Å². The Morgan fingerprint density at radius 1 is 1.67 bits per heavy atom. The van der Waals surface area contributed by atoms with Gasteiger partial charge in [0.25, 0.3) is 0 Å². The maximum Gasteiger partial charge on any atom is 0.125 e. The molecule has 0 aromatic carbocycles. The monoisotopic (exact) mass is 130 g/mol. The summed E-state index contributed by atoms with van der Waals surface area (Å²) in [7, 11) is 3.39. The minimum atomic E-state index is 0.0497. The third-order valence-electron chi connectivity index (χ3n) is 1.10. The van der Waals surface area contributed by atoms with Gasteiger partial charge in [-0.15, -0.1) is 0 Å². The molecule has 0 aliphatic rings. The van der Waals surface area contributed by atoms with Gasteiger partial charge in [-0.05, 0) is 13.8 Å². The molecule has 0 aliphatic heterocycles. The van der Waals surface area contributed by atoms with Crippen LogP contribution in [-0.4, -0.2) is 26.2 Å². The van der Waals surface area contributed by atoms with Crippen LogP contribution >= 0.6 is 0 Å². The van der Waals surface area contributed by atoms with Crippen LogP contribution in [0.1, 0.15) is 13.8 Å². The molecule has 3 nitrogen and oxygen atoms in total. The lowest BCUT2D eigenvalue weighted by molar-refractivity contribution is 0.106. The van der Waals surface area contributed by atoms with E-state index in [1.807, 2.05) is 13.8 Å². The van der Waals surface area contributed by atoms with Gasteiger partial charge >= 0.3 is 0 Å². The van der Waals surface area contributed by atoms with Gasteiger partial charge in [-0.3, -0.25) is 4.99 Å². The van der Waals surface area contributed by atoms with Crippen molar-refractivity contribution in [1.29, 1.82) is 0 Å². The molecule has 0 aromatic rings. The zero-order chi connectivity index (χ0) is 7.28. The van der Waals surface area contributed by atoms with E-state index < -0.39 is 0 Å². The van der Waals surface area contributed by atoms with Crippen LogP contribution < -0.4 is 5.32 Å². The van der Waals surface area contributed by atoms with Gasteiger partial charge in [0.15, 0.2) is 0 Å². The summed E-state index contributed by atoms with van der Waals surface area (Å²) in [6.45, 7) is 3.82.